The van der Waals surface area contributed by atoms with Crippen LogP contribution in [-0.2, 0) is 20.9 Å². The lowest BCUT2D eigenvalue weighted by Crippen LogP contribution is -2.29. The molecule has 0 radical (unpaired) electrons. The fourth-order valence-corrected chi connectivity index (χ4v) is 4.49. The number of ether oxygens (including phenoxy) is 2. The number of hydrogen-bond acceptors (Lipinski definition) is 4. The van der Waals surface area contributed by atoms with Crippen molar-refractivity contribution in [1.29, 1.82) is 0 Å². The highest BCUT2D eigenvalue weighted by molar-refractivity contribution is 5.89. The lowest BCUT2D eigenvalue weighted by molar-refractivity contribution is -0.121. The summed E-state index contributed by atoms with van der Waals surface area (Å²) >= 11 is 0. The first-order chi connectivity index (χ1) is 13.2. The Morgan fingerprint density at radius 2 is 1.70 bits per heavy atom. The molecular formula is C23H24O4. The number of hydrogen-bond donors (Lipinski definition) is 0. The van der Waals surface area contributed by atoms with E-state index in [-0.39, 0.29) is 29.8 Å². The summed E-state index contributed by atoms with van der Waals surface area (Å²) < 4.78 is 11.8. The van der Waals surface area contributed by atoms with Gasteiger partial charge in [-0.15, -0.1) is 0 Å². The highest BCUT2D eigenvalue weighted by atomic mass is 16.5. The van der Waals surface area contributed by atoms with Crippen LogP contribution in [0.5, 0.6) is 0 Å². The van der Waals surface area contributed by atoms with Crippen LogP contribution in [0.4, 0.5) is 0 Å². The Balaban J connectivity index is 1.42. The molecule has 2 aromatic rings. The number of carbonyl (C=O) groups excluding carboxylic acids is 2. The Hall–Kier alpha value is -2.46. The van der Waals surface area contributed by atoms with Gasteiger partial charge in [-0.3, -0.25) is 4.79 Å². The van der Waals surface area contributed by atoms with Gasteiger partial charge in [-0.25, -0.2) is 4.79 Å². The van der Waals surface area contributed by atoms with Crippen molar-refractivity contribution in [2.75, 3.05) is 6.61 Å². The summed E-state index contributed by atoms with van der Waals surface area (Å²) in [7, 11) is 0. The fourth-order valence-electron chi connectivity index (χ4n) is 4.49. The third-order valence-electron chi connectivity index (χ3n) is 5.86. The number of rotatable bonds is 6. The molecule has 2 fully saturated rings. The normalized spacial score (nSPS) is 26.7. The zero-order valence-electron chi connectivity index (χ0n) is 15.3. The van der Waals surface area contributed by atoms with Gasteiger partial charge >= 0.3 is 5.97 Å². The molecule has 27 heavy (non-hydrogen) atoms. The standard InChI is InChI=1S/C23H24O4/c24-21-12-11-18-19(21)13-22(27-23(25)17-9-5-2-6-10-17)20(18)15-26-14-16-7-3-1-4-8-16/h1-10,18-20,22H,11-15H2/t18-,19-,20-,22-/m1/s1. The molecule has 0 aromatic heterocycles. The predicted molar refractivity (Wildman–Crippen MR) is 101 cm³/mol. The first-order valence-corrected chi connectivity index (χ1v) is 9.63. The third-order valence-corrected chi connectivity index (χ3v) is 5.86. The minimum absolute atomic E-state index is 0.0175. The van der Waals surface area contributed by atoms with Crippen LogP contribution < -0.4 is 0 Å². The second kappa shape index (κ2) is 8.05. The first kappa shape index (κ1) is 17.9. The van der Waals surface area contributed by atoms with Crippen LogP contribution in [0.2, 0.25) is 0 Å². The maximum absolute atomic E-state index is 12.5. The molecule has 0 unspecified atom stereocenters. The van der Waals surface area contributed by atoms with Gasteiger partial charge in [0, 0.05) is 18.3 Å². The number of carbonyl (C=O) groups is 2. The van der Waals surface area contributed by atoms with E-state index in [2.05, 4.69) is 0 Å². The van der Waals surface area contributed by atoms with E-state index < -0.39 is 0 Å². The molecule has 0 saturated heterocycles. The summed E-state index contributed by atoms with van der Waals surface area (Å²) in [5, 5.41) is 0. The molecule has 0 amide bonds. The number of benzene rings is 2. The van der Waals surface area contributed by atoms with Gasteiger partial charge in [0.2, 0.25) is 0 Å². The molecule has 140 valence electrons. The average molecular weight is 364 g/mol. The van der Waals surface area contributed by atoms with Gasteiger partial charge in [0.15, 0.2) is 0 Å². The Bertz CT molecular complexity index is 787. The van der Waals surface area contributed by atoms with Gasteiger partial charge in [-0.05, 0) is 36.5 Å². The van der Waals surface area contributed by atoms with Crippen molar-refractivity contribution >= 4 is 11.8 Å². The average Bonchev–Trinajstić information content (AvgIpc) is 3.23. The van der Waals surface area contributed by atoms with Gasteiger partial charge in [-0.1, -0.05) is 48.5 Å². The van der Waals surface area contributed by atoms with E-state index in [0.29, 0.717) is 37.4 Å². The van der Waals surface area contributed by atoms with Crippen molar-refractivity contribution < 1.29 is 19.1 Å². The van der Waals surface area contributed by atoms with Gasteiger partial charge in [-0.2, -0.15) is 0 Å². The third kappa shape index (κ3) is 3.96. The van der Waals surface area contributed by atoms with E-state index in [1.54, 1.807) is 12.1 Å². The summed E-state index contributed by atoms with van der Waals surface area (Å²) in [6, 6.07) is 19.0. The molecule has 4 rings (SSSR count). The molecule has 4 atom stereocenters. The minimum Gasteiger partial charge on any atom is -0.458 e. The Labute approximate surface area is 159 Å². The van der Waals surface area contributed by atoms with Crippen LogP contribution in [0, 0.1) is 17.8 Å². The molecule has 4 heteroatoms. The molecule has 4 nitrogen and oxygen atoms in total. The second-order valence-electron chi connectivity index (χ2n) is 7.49. The maximum atomic E-state index is 12.5. The SMILES string of the molecule is O=C(O[C@@H]1C[C@H]2C(=O)CC[C@H]2[C@H]1COCc1ccccc1)c1ccccc1. The van der Waals surface area contributed by atoms with Crippen LogP contribution >= 0.6 is 0 Å². The van der Waals surface area contributed by atoms with E-state index >= 15 is 0 Å². The van der Waals surface area contributed by atoms with Crippen molar-refractivity contribution in [2.45, 2.75) is 32.0 Å². The number of ketones is 1. The van der Waals surface area contributed by atoms with Crippen molar-refractivity contribution in [1.82, 2.24) is 0 Å². The molecule has 2 saturated carbocycles. The van der Waals surface area contributed by atoms with Gasteiger partial charge in [0.1, 0.15) is 11.9 Å². The number of fused-ring (bicyclic) bond motifs is 1. The molecule has 0 heterocycles. The van der Waals surface area contributed by atoms with E-state index in [4.69, 9.17) is 9.47 Å². The molecule has 2 aliphatic carbocycles. The minimum atomic E-state index is -0.318. The smallest absolute Gasteiger partial charge is 0.338 e. The lowest BCUT2D eigenvalue weighted by atomic mass is 9.92. The van der Waals surface area contributed by atoms with Crippen molar-refractivity contribution in [3.63, 3.8) is 0 Å². The first-order valence-electron chi connectivity index (χ1n) is 9.63. The molecule has 0 bridgehead atoms. The van der Waals surface area contributed by atoms with E-state index in [1.807, 2.05) is 48.5 Å². The summed E-state index contributed by atoms with van der Waals surface area (Å²) in [6.45, 7) is 1.04. The highest BCUT2D eigenvalue weighted by Gasteiger charge is 2.51. The van der Waals surface area contributed by atoms with E-state index in [1.165, 1.54) is 0 Å². The summed E-state index contributed by atoms with van der Waals surface area (Å²) in [5.41, 5.74) is 1.66. The van der Waals surface area contributed by atoms with Gasteiger partial charge in [0.25, 0.3) is 0 Å². The Kier molecular flexibility index (Phi) is 5.35. The summed E-state index contributed by atoms with van der Waals surface area (Å²) in [6.07, 6.45) is 1.89. The van der Waals surface area contributed by atoms with Crippen LogP contribution in [0.1, 0.15) is 35.2 Å². The number of esters is 1. The molecule has 0 aliphatic heterocycles. The van der Waals surface area contributed by atoms with Gasteiger partial charge < -0.3 is 9.47 Å². The molecule has 0 spiro atoms. The monoisotopic (exact) mass is 364 g/mol. The van der Waals surface area contributed by atoms with E-state index in [9.17, 15) is 9.59 Å². The molecule has 2 aliphatic rings. The quantitative estimate of drug-likeness (QED) is 0.726. The van der Waals surface area contributed by atoms with Crippen molar-refractivity contribution in [2.24, 2.45) is 17.8 Å². The Morgan fingerprint density at radius 1 is 1.00 bits per heavy atom. The predicted octanol–water partition coefficient (Wildman–Crippen LogP) is 4.04. The number of Topliss-reactive ketones (excluding diaryl/α,β-unsaturated/α-hetero) is 1. The summed E-state index contributed by atoms with van der Waals surface area (Å²) in [4.78, 5) is 24.7. The topological polar surface area (TPSA) is 52.6 Å². The zero-order chi connectivity index (χ0) is 18.6. The van der Waals surface area contributed by atoms with Crippen molar-refractivity contribution in [3.05, 3.63) is 71.8 Å². The van der Waals surface area contributed by atoms with Crippen LogP contribution in [0.15, 0.2) is 60.7 Å². The largest absolute Gasteiger partial charge is 0.458 e. The van der Waals surface area contributed by atoms with Crippen LogP contribution in [0.3, 0.4) is 0 Å². The second-order valence-corrected chi connectivity index (χ2v) is 7.49. The van der Waals surface area contributed by atoms with E-state index in [0.717, 1.165) is 12.0 Å². The molecular weight excluding hydrogens is 340 g/mol. The fraction of sp³-hybridized carbons (Fsp3) is 0.391. The van der Waals surface area contributed by atoms with Crippen molar-refractivity contribution in [3.8, 4) is 0 Å². The van der Waals surface area contributed by atoms with Gasteiger partial charge in [0.05, 0.1) is 18.8 Å². The Morgan fingerprint density at radius 3 is 2.44 bits per heavy atom. The van der Waals surface area contributed by atoms with Crippen LogP contribution in [0.25, 0.3) is 0 Å². The zero-order valence-corrected chi connectivity index (χ0v) is 15.3. The van der Waals surface area contributed by atoms with Crippen LogP contribution in [-0.4, -0.2) is 24.5 Å². The lowest BCUT2D eigenvalue weighted by Gasteiger charge is -2.24. The highest BCUT2D eigenvalue weighted by Crippen LogP contribution is 2.47. The maximum Gasteiger partial charge on any atom is 0.338 e. The molecule has 2 aromatic carbocycles. The summed E-state index contributed by atoms with van der Waals surface area (Å²) in [5.74, 6) is 0.357. The molecule has 0 N–H and O–H groups in total.